The third kappa shape index (κ3) is 3.55. The van der Waals surface area contributed by atoms with Crippen LogP contribution in [0.15, 0.2) is 34.5 Å². The Bertz CT molecular complexity index is 354. The molecule has 0 aromatic carbocycles. The molecule has 1 aromatic heterocycles. The summed E-state index contributed by atoms with van der Waals surface area (Å²) in [5.41, 5.74) is 0.599. The van der Waals surface area contributed by atoms with E-state index in [1.807, 2.05) is 19.1 Å². The maximum atomic E-state index is 11.1. The van der Waals surface area contributed by atoms with Gasteiger partial charge in [-0.1, -0.05) is 6.08 Å². The fourth-order valence-corrected chi connectivity index (χ4v) is 1.27. The zero-order chi connectivity index (χ0) is 12.0. The molecule has 1 heterocycles. The molecule has 1 aromatic rings. The van der Waals surface area contributed by atoms with Gasteiger partial charge in [0.15, 0.2) is 0 Å². The number of rotatable bonds is 5. The molecule has 1 N–H and O–H groups in total. The lowest BCUT2D eigenvalue weighted by Gasteiger charge is -2.09. The first kappa shape index (κ1) is 12.5. The molecule has 1 unspecified atom stereocenters. The first-order valence-corrected chi connectivity index (χ1v) is 5.17. The van der Waals surface area contributed by atoms with E-state index < -0.39 is 0 Å². The lowest BCUT2D eigenvalue weighted by atomic mass is 10.2. The normalized spacial score (nSPS) is 13.6. The van der Waals surface area contributed by atoms with E-state index in [1.54, 1.807) is 19.3 Å². The van der Waals surface area contributed by atoms with Gasteiger partial charge in [0.25, 0.3) is 0 Å². The molecule has 0 spiro atoms. The Morgan fingerprint density at radius 1 is 1.69 bits per heavy atom. The Balaban J connectivity index is 2.38. The maximum absolute atomic E-state index is 11.1. The van der Waals surface area contributed by atoms with Crippen molar-refractivity contribution in [3.63, 3.8) is 0 Å². The van der Waals surface area contributed by atoms with Gasteiger partial charge in [-0.05, 0) is 26.0 Å². The first-order chi connectivity index (χ1) is 7.65. The Kier molecular flexibility index (Phi) is 4.79. The zero-order valence-electron chi connectivity index (χ0n) is 9.82. The third-order valence-corrected chi connectivity index (χ3v) is 2.31. The zero-order valence-corrected chi connectivity index (χ0v) is 9.82. The molecule has 1 rings (SSSR count). The van der Waals surface area contributed by atoms with Crippen LogP contribution in [0.4, 0.5) is 0 Å². The largest absolute Gasteiger partial charge is 0.468 e. The highest BCUT2D eigenvalue weighted by Crippen LogP contribution is 2.11. The van der Waals surface area contributed by atoms with E-state index in [9.17, 15) is 4.79 Å². The van der Waals surface area contributed by atoms with E-state index in [-0.39, 0.29) is 12.0 Å². The molecule has 0 amide bonds. The van der Waals surface area contributed by atoms with Crippen LogP contribution in [0.2, 0.25) is 0 Å². The fourth-order valence-electron chi connectivity index (χ4n) is 1.27. The molecule has 0 aliphatic rings. The summed E-state index contributed by atoms with van der Waals surface area (Å²) in [6.07, 6.45) is 3.44. The van der Waals surface area contributed by atoms with Crippen LogP contribution in [0.3, 0.4) is 0 Å². The van der Waals surface area contributed by atoms with Crippen LogP contribution in [0.25, 0.3) is 0 Å². The fraction of sp³-hybridized carbons (Fsp3) is 0.417. The molecule has 16 heavy (non-hydrogen) atoms. The molecule has 0 aliphatic carbocycles. The van der Waals surface area contributed by atoms with E-state index in [4.69, 9.17) is 4.42 Å². The number of methoxy groups -OCH3 is 1. The van der Waals surface area contributed by atoms with Crippen molar-refractivity contribution in [2.24, 2.45) is 0 Å². The van der Waals surface area contributed by atoms with Gasteiger partial charge in [0.2, 0.25) is 0 Å². The Labute approximate surface area is 95.3 Å². The molecule has 0 aliphatic heterocycles. The smallest absolute Gasteiger partial charge is 0.333 e. The molecule has 0 saturated carbocycles. The summed E-state index contributed by atoms with van der Waals surface area (Å²) in [7, 11) is 1.37. The van der Waals surface area contributed by atoms with E-state index in [2.05, 4.69) is 10.1 Å². The number of nitrogens with one attached hydrogen (secondary N) is 1. The summed E-state index contributed by atoms with van der Waals surface area (Å²) < 4.78 is 9.83. The van der Waals surface area contributed by atoms with Crippen molar-refractivity contribution in [1.29, 1.82) is 0 Å². The molecular weight excluding hydrogens is 206 g/mol. The van der Waals surface area contributed by atoms with Crippen LogP contribution in [-0.2, 0) is 9.53 Å². The summed E-state index contributed by atoms with van der Waals surface area (Å²) in [4.78, 5) is 11.1. The van der Waals surface area contributed by atoms with Crippen molar-refractivity contribution in [3.05, 3.63) is 35.8 Å². The van der Waals surface area contributed by atoms with Crippen molar-refractivity contribution < 1.29 is 13.9 Å². The second-order valence-electron chi connectivity index (χ2n) is 3.52. The van der Waals surface area contributed by atoms with Gasteiger partial charge in [-0.25, -0.2) is 4.79 Å². The van der Waals surface area contributed by atoms with E-state index in [1.165, 1.54) is 7.11 Å². The maximum Gasteiger partial charge on any atom is 0.333 e. The van der Waals surface area contributed by atoms with Gasteiger partial charge < -0.3 is 14.5 Å². The summed E-state index contributed by atoms with van der Waals surface area (Å²) in [6, 6.07) is 3.88. The number of esters is 1. The van der Waals surface area contributed by atoms with Gasteiger partial charge in [0.1, 0.15) is 5.76 Å². The SMILES string of the molecule is COC(=O)/C(C)=C/CNC(C)c1ccco1. The highest BCUT2D eigenvalue weighted by atomic mass is 16.5. The quantitative estimate of drug-likeness (QED) is 0.613. The van der Waals surface area contributed by atoms with E-state index in [0.717, 1.165) is 5.76 Å². The number of ether oxygens (including phenoxy) is 1. The minimum absolute atomic E-state index is 0.122. The van der Waals surface area contributed by atoms with Crippen LogP contribution in [0.1, 0.15) is 25.6 Å². The average molecular weight is 223 g/mol. The van der Waals surface area contributed by atoms with Crippen LogP contribution >= 0.6 is 0 Å². The molecule has 0 fully saturated rings. The second-order valence-corrected chi connectivity index (χ2v) is 3.52. The predicted octanol–water partition coefficient (Wildman–Crippen LogP) is 2.05. The molecule has 88 valence electrons. The number of hydrogen-bond acceptors (Lipinski definition) is 4. The Morgan fingerprint density at radius 3 is 3.00 bits per heavy atom. The highest BCUT2D eigenvalue weighted by molar-refractivity contribution is 5.87. The van der Waals surface area contributed by atoms with Crippen molar-refractivity contribution in [2.75, 3.05) is 13.7 Å². The van der Waals surface area contributed by atoms with Crippen LogP contribution in [-0.4, -0.2) is 19.6 Å². The van der Waals surface area contributed by atoms with Crippen LogP contribution in [0.5, 0.6) is 0 Å². The van der Waals surface area contributed by atoms with Gasteiger partial charge in [-0.2, -0.15) is 0 Å². The Hall–Kier alpha value is -1.55. The second kappa shape index (κ2) is 6.12. The molecule has 4 heteroatoms. The minimum Gasteiger partial charge on any atom is -0.468 e. The monoisotopic (exact) mass is 223 g/mol. The number of hydrogen-bond donors (Lipinski definition) is 1. The van der Waals surface area contributed by atoms with Crippen molar-refractivity contribution in [3.8, 4) is 0 Å². The highest BCUT2D eigenvalue weighted by Gasteiger charge is 2.06. The topological polar surface area (TPSA) is 51.5 Å². The number of carbonyl (C=O) groups is 1. The first-order valence-electron chi connectivity index (χ1n) is 5.17. The molecule has 4 nitrogen and oxygen atoms in total. The molecule has 0 bridgehead atoms. The molecule has 0 radical (unpaired) electrons. The van der Waals surface area contributed by atoms with Gasteiger partial charge in [0.05, 0.1) is 19.4 Å². The van der Waals surface area contributed by atoms with E-state index in [0.29, 0.717) is 12.1 Å². The van der Waals surface area contributed by atoms with Crippen LogP contribution < -0.4 is 5.32 Å². The number of carbonyl (C=O) groups excluding carboxylic acids is 1. The van der Waals surface area contributed by atoms with E-state index >= 15 is 0 Å². The molecule has 0 saturated heterocycles. The summed E-state index contributed by atoms with van der Waals surface area (Å²) >= 11 is 0. The van der Waals surface area contributed by atoms with Gasteiger partial charge in [-0.15, -0.1) is 0 Å². The minimum atomic E-state index is -0.299. The third-order valence-electron chi connectivity index (χ3n) is 2.31. The molecule has 1 atom stereocenters. The predicted molar refractivity (Wildman–Crippen MR) is 60.9 cm³/mol. The average Bonchev–Trinajstić information content (AvgIpc) is 2.81. The van der Waals surface area contributed by atoms with Gasteiger partial charge in [0, 0.05) is 12.1 Å². The summed E-state index contributed by atoms with van der Waals surface area (Å²) in [6.45, 7) is 4.33. The Morgan fingerprint density at radius 2 is 2.44 bits per heavy atom. The standard InChI is InChI=1S/C12H17NO3/c1-9(12(14)15-3)6-7-13-10(2)11-5-4-8-16-11/h4-6,8,10,13H,7H2,1-3H3/b9-6+. The number of furan rings is 1. The summed E-state index contributed by atoms with van der Waals surface area (Å²) in [5, 5.41) is 3.22. The van der Waals surface area contributed by atoms with Gasteiger partial charge >= 0.3 is 5.97 Å². The summed E-state index contributed by atoms with van der Waals surface area (Å²) in [5.74, 6) is 0.580. The lowest BCUT2D eigenvalue weighted by Crippen LogP contribution is -2.18. The van der Waals surface area contributed by atoms with Crippen molar-refractivity contribution in [1.82, 2.24) is 5.32 Å². The lowest BCUT2D eigenvalue weighted by molar-refractivity contribution is -0.136. The van der Waals surface area contributed by atoms with Gasteiger partial charge in [-0.3, -0.25) is 0 Å². The van der Waals surface area contributed by atoms with Crippen LogP contribution in [0, 0.1) is 0 Å². The van der Waals surface area contributed by atoms with Crippen molar-refractivity contribution >= 4 is 5.97 Å². The molecular formula is C12H17NO3. The van der Waals surface area contributed by atoms with Crippen molar-refractivity contribution in [2.45, 2.75) is 19.9 Å².